The van der Waals surface area contributed by atoms with Gasteiger partial charge < -0.3 is 24.6 Å². The van der Waals surface area contributed by atoms with Gasteiger partial charge in [-0.25, -0.2) is 0 Å². The number of likely N-dealkylation sites (N-methyl/N-ethyl adjacent to an activating group) is 1. The molecule has 0 bridgehead atoms. The van der Waals surface area contributed by atoms with E-state index in [1.807, 2.05) is 0 Å². The van der Waals surface area contributed by atoms with Crippen LogP contribution in [0.5, 0.6) is 0 Å². The Kier molecular flexibility index (Phi) is 17.6. The Hall–Kier alpha value is -0.650. The number of carbonyl (C=O) groups is 1. The molecule has 0 saturated carbocycles. The number of aliphatic carboxylic acids is 1. The first-order valence-corrected chi connectivity index (χ1v) is 12.6. The maximum absolute atomic E-state index is 11.5. The maximum atomic E-state index is 11.5. The van der Waals surface area contributed by atoms with E-state index in [1.165, 1.54) is 89.9 Å². The fourth-order valence-electron chi connectivity index (χ4n) is 4.26. The number of carboxylic acid groups (broad SMARTS) is 1. The van der Waals surface area contributed by atoms with E-state index in [0.29, 0.717) is 6.54 Å². The second-order valence-corrected chi connectivity index (χ2v) is 9.70. The van der Waals surface area contributed by atoms with Crippen molar-refractivity contribution in [3.8, 4) is 0 Å². The second-order valence-electron chi connectivity index (χ2n) is 9.70. The topological polar surface area (TPSA) is 80.6 Å². The van der Waals surface area contributed by atoms with Crippen LogP contribution in [0.15, 0.2) is 0 Å². The van der Waals surface area contributed by atoms with Crippen LogP contribution < -0.4 is 5.11 Å². The second kappa shape index (κ2) is 18.0. The van der Waals surface area contributed by atoms with Gasteiger partial charge in [0.1, 0.15) is 19.2 Å². The van der Waals surface area contributed by atoms with Crippen molar-refractivity contribution in [3.63, 3.8) is 0 Å². The lowest BCUT2D eigenvalue weighted by molar-refractivity contribution is -0.935. The number of nitrogens with zero attached hydrogens (tertiary/aromatic N) is 1. The van der Waals surface area contributed by atoms with Gasteiger partial charge in [0.15, 0.2) is 5.54 Å². The van der Waals surface area contributed by atoms with Crippen LogP contribution >= 0.6 is 0 Å². The van der Waals surface area contributed by atoms with E-state index < -0.39 is 24.7 Å². The van der Waals surface area contributed by atoms with Gasteiger partial charge in [-0.2, -0.15) is 0 Å². The van der Waals surface area contributed by atoms with E-state index in [2.05, 4.69) is 6.92 Å². The highest BCUT2D eigenvalue weighted by molar-refractivity contribution is 5.75. The largest absolute Gasteiger partial charge is 0.544 e. The molecule has 0 saturated heterocycles. The van der Waals surface area contributed by atoms with Crippen molar-refractivity contribution < 1.29 is 24.6 Å². The molecule has 0 radical (unpaired) electrons. The zero-order valence-electron chi connectivity index (χ0n) is 20.3. The summed E-state index contributed by atoms with van der Waals surface area (Å²) in [5, 5.41) is 30.5. The fraction of sp³-hybridized carbons (Fsp3) is 0.960. The van der Waals surface area contributed by atoms with Gasteiger partial charge in [-0.3, -0.25) is 0 Å². The average molecular weight is 430 g/mol. The van der Waals surface area contributed by atoms with Crippen molar-refractivity contribution in [2.75, 3.05) is 33.9 Å². The first kappa shape index (κ1) is 29.4. The summed E-state index contributed by atoms with van der Waals surface area (Å²) in [6.07, 6.45) is 22.3. The van der Waals surface area contributed by atoms with E-state index in [4.69, 9.17) is 0 Å². The zero-order chi connectivity index (χ0) is 22.7. The molecular weight excluding hydrogens is 378 g/mol. The molecule has 0 aromatic rings. The molecule has 0 rings (SSSR count). The van der Waals surface area contributed by atoms with Crippen molar-refractivity contribution in [1.29, 1.82) is 0 Å². The van der Waals surface area contributed by atoms with Crippen LogP contribution in [-0.4, -0.2) is 60.1 Å². The summed E-state index contributed by atoms with van der Waals surface area (Å²) in [7, 11) is 3.49. The summed E-state index contributed by atoms with van der Waals surface area (Å²) in [6.45, 7) is 1.65. The normalized spacial score (nSPS) is 12.4. The van der Waals surface area contributed by atoms with Crippen molar-refractivity contribution in [2.24, 2.45) is 0 Å². The van der Waals surface area contributed by atoms with Crippen molar-refractivity contribution in [1.82, 2.24) is 0 Å². The van der Waals surface area contributed by atoms with E-state index in [9.17, 15) is 20.1 Å². The molecule has 180 valence electrons. The number of rotatable bonds is 22. The summed E-state index contributed by atoms with van der Waals surface area (Å²) in [4.78, 5) is 11.5. The Labute approximate surface area is 186 Å². The van der Waals surface area contributed by atoms with Crippen LogP contribution in [0.1, 0.15) is 116 Å². The predicted molar refractivity (Wildman–Crippen MR) is 123 cm³/mol. The summed E-state index contributed by atoms with van der Waals surface area (Å²) < 4.78 is 0.0427. The van der Waals surface area contributed by atoms with Crippen LogP contribution in [0.4, 0.5) is 0 Å². The van der Waals surface area contributed by atoms with Crippen molar-refractivity contribution in [3.05, 3.63) is 0 Å². The lowest BCUT2D eigenvalue weighted by Crippen LogP contribution is -2.72. The highest BCUT2D eigenvalue weighted by Crippen LogP contribution is 2.22. The Balaban J connectivity index is 3.57. The molecule has 30 heavy (non-hydrogen) atoms. The van der Waals surface area contributed by atoms with Gasteiger partial charge in [-0.15, -0.1) is 0 Å². The molecular formula is C25H51NO4. The molecule has 2 N–H and O–H groups in total. The molecule has 5 heteroatoms. The van der Waals surface area contributed by atoms with E-state index in [-0.39, 0.29) is 4.48 Å². The number of hydrogen-bond acceptors (Lipinski definition) is 4. The minimum Gasteiger partial charge on any atom is -0.544 e. The maximum Gasteiger partial charge on any atom is 0.185 e. The van der Waals surface area contributed by atoms with Crippen LogP contribution in [-0.2, 0) is 4.79 Å². The minimum absolute atomic E-state index is 0.0427. The van der Waals surface area contributed by atoms with Gasteiger partial charge in [0.25, 0.3) is 0 Å². The third-order valence-corrected chi connectivity index (χ3v) is 6.88. The number of hydrogen-bond donors (Lipinski definition) is 2. The Morgan fingerprint density at radius 1 is 0.667 bits per heavy atom. The molecule has 0 spiro atoms. The van der Waals surface area contributed by atoms with Crippen LogP contribution in [0.2, 0.25) is 0 Å². The lowest BCUT2D eigenvalue weighted by Gasteiger charge is -2.47. The number of quaternary nitrogens is 1. The number of unbranched alkanes of at least 4 members (excludes halogenated alkanes) is 16. The summed E-state index contributed by atoms with van der Waals surface area (Å²) in [6, 6.07) is 0. The molecule has 0 aliphatic carbocycles. The van der Waals surface area contributed by atoms with Crippen molar-refractivity contribution >= 4 is 5.97 Å². The third-order valence-electron chi connectivity index (χ3n) is 6.88. The fourth-order valence-corrected chi connectivity index (χ4v) is 4.26. The molecule has 0 amide bonds. The Morgan fingerprint density at radius 2 is 0.967 bits per heavy atom. The third kappa shape index (κ3) is 11.7. The Morgan fingerprint density at radius 3 is 1.23 bits per heavy atom. The molecule has 0 aromatic carbocycles. The van der Waals surface area contributed by atoms with Crippen LogP contribution in [0.25, 0.3) is 0 Å². The van der Waals surface area contributed by atoms with E-state index >= 15 is 0 Å². The lowest BCUT2D eigenvalue weighted by atomic mass is 9.96. The van der Waals surface area contributed by atoms with Gasteiger partial charge in [-0.05, 0) is 12.8 Å². The summed E-state index contributed by atoms with van der Waals surface area (Å²) in [5.41, 5.74) is -1.63. The smallest absolute Gasteiger partial charge is 0.185 e. The summed E-state index contributed by atoms with van der Waals surface area (Å²) in [5.74, 6) is -1.38. The molecule has 0 unspecified atom stereocenters. The molecule has 0 heterocycles. The highest BCUT2D eigenvalue weighted by Gasteiger charge is 2.46. The molecule has 5 nitrogen and oxygen atoms in total. The van der Waals surface area contributed by atoms with Gasteiger partial charge >= 0.3 is 0 Å². The quantitative estimate of drug-likeness (QED) is 0.200. The first-order chi connectivity index (χ1) is 14.4. The van der Waals surface area contributed by atoms with Crippen LogP contribution in [0.3, 0.4) is 0 Å². The van der Waals surface area contributed by atoms with Crippen molar-refractivity contribution in [2.45, 2.75) is 122 Å². The first-order valence-electron chi connectivity index (χ1n) is 12.6. The molecule has 0 aromatic heterocycles. The standard InChI is InChI=1S/C25H51NO4/c1-4-5-6-7-8-9-10-11-12-13-14-15-16-17-18-19-20-21-26(2,3)25(22-27,23-28)24(29)30/h27-28H,4-23H2,1-3H3. The molecule has 0 aliphatic rings. The summed E-state index contributed by atoms with van der Waals surface area (Å²) >= 11 is 0. The molecule has 0 atom stereocenters. The van der Waals surface area contributed by atoms with E-state index in [0.717, 1.165) is 19.3 Å². The number of aliphatic hydroxyl groups is 2. The SMILES string of the molecule is CCCCCCCCCCCCCCCCCCC[N+](C)(C)C(CO)(CO)C(=O)[O-]. The number of aliphatic hydroxyl groups excluding tert-OH is 2. The van der Waals surface area contributed by atoms with Gasteiger partial charge in [0, 0.05) is 0 Å². The molecule has 0 fully saturated rings. The number of carboxylic acids is 1. The molecule has 0 aliphatic heterocycles. The zero-order valence-corrected chi connectivity index (χ0v) is 20.3. The average Bonchev–Trinajstić information content (AvgIpc) is 2.71. The van der Waals surface area contributed by atoms with Gasteiger partial charge in [-0.1, -0.05) is 103 Å². The monoisotopic (exact) mass is 429 g/mol. The minimum atomic E-state index is -1.63. The predicted octanol–water partition coefficient (Wildman–Crippen LogP) is 4.19. The Bertz CT molecular complexity index is 408. The van der Waals surface area contributed by atoms with Gasteiger partial charge in [0.05, 0.1) is 20.6 Å². The highest BCUT2D eigenvalue weighted by atomic mass is 16.4. The van der Waals surface area contributed by atoms with E-state index in [1.54, 1.807) is 14.1 Å². The van der Waals surface area contributed by atoms with Gasteiger partial charge in [0.2, 0.25) is 0 Å². The van der Waals surface area contributed by atoms with Crippen LogP contribution in [0, 0.1) is 0 Å². The number of carbonyl (C=O) groups excluding carboxylic acids is 1.